The Morgan fingerprint density at radius 3 is 2.44 bits per heavy atom. The molecule has 0 radical (unpaired) electrons. The van der Waals surface area contributed by atoms with E-state index in [4.69, 9.17) is 10.5 Å². The van der Waals surface area contributed by atoms with Gasteiger partial charge >= 0.3 is 0 Å². The number of hydrogen-bond acceptors (Lipinski definition) is 7. The Bertz CT molecular complexity index is 633. The van der Waals surface area contributed by atoms with Crippen LogP contribution in [-0.2, 0) is 9.84 Å². The van der Waals surface area contributed by atoms with E-state index in [9.17, 15) is 8.42 Å². The molecule has 0 unspecified atom stereocenters. The highest BCUT2D eigenvalue weighted by atomic mass is 32.2. The zero-order chi connectivity index (χ0) is 13.2. The van der Waals surface area contributed by atoms with E-state index >= 15 is 0 Å². The van der Waals surface area contributed by atoms with Crippen LogP contribution in [0.5, 0.6) is 5.75 Å². The minimum atomic E-state index is -3.81. The highest BCUT2D eigenvalue weighted by Crippen LogP contribution is 2.24. The molecule has 0 amide bonds. The summed E-state index contributed by atoms with van der Waals surface area (Å²) in [5.74, 6) is 0.326. The van der Waals surface area contributed by atoms with E-state index in [0.29, 0.717) is 12.4 Å². The highest BCUT2D eigenvalue weighted by Gasteiger charge is 2.25. The van der Waals surface area contributed by atoms with Crippen molar-refractivity contribution in [2.24, 2.45) is 0 Å². The zero-order valence-electron chi connectivity index (χ0n) is 9.53. The van der Waals surface area contributed by atoms with Gasteiger partial charge in [-0.15, -0.1) is 0 Å². The van der Waals surface area contributed by atoms with Crippen LogP contribution in [0.3, 0.4) is 0 Å². The molecule has 2 rings (SSSR count). The molecule has 0 bridgehead atoms. The van der Waals surface area contributed by atoms with Crippen molar-refractivity contribution in [3.8, 4) is 5.75 Å². The van der Waals surface area contributed by atoms with Gasteiger partial charge in [0.15, 0.2) is 0 Å². The van der Waals surface area contributed by atoms with Crippen LogP contribution in [0, 0.1) is 0 Å². The Kier molecular flexibility index (Phi) is 3.19. The molecule has 0 aliphatic rings. The maximum absolute atomic E-state index is 12.1. The molecule has 0 aliphatic heterocycles. The van der Waals surface area contributed by atoms with Gasteiger partial charge in [-0.1, -0.05) is 0 Å². The van der Waals surface area contributed by atoms with Crippen molar-refractivity contribution in [2.75, 3.05) is 12.3 Å². The summed E-state index contributed by atoms with van der Waals surface area (Å²) in [5.41, 5.74) is 5.37. The average Bonchev–Trinajstić information content (AvgIpc) is 2.77. The number of hydrogen-bond donors (Lipinski definition) is 1. The van der Waals surface area contributed by atoms with Crippen LogP contribution in [0.2, 0.25) is 0 Å². The van der Waals surface area contributed by atoms with Crippen molar-refractivity contribution in [3.05, 3.63) is 24.3 Å². The summed E-state index contributed by atoms with van der Waals surface area (Å²) in [6.45, 7) is 2.35. The van der Waals surface area contributed by atoms with Gasteiger partial charge in [0.2, 0.25) is 20.7 Å². The van der Waals surface area contributed by atoms with Gasteiger partial charge in [-0.25, -0.2) is 13.0 Å². The molecule has 2 N–H and O–H groups in total. The quantitative estimate of drug-likeness (QED) is 0.877. The molecule has 2 aromatic rings. The summed E-state index contributed by atoms with van der Waals surface area (Å²) in [6.07, 6.45) is 0. The highest BCUT2D eigenvalue weighted by molar-refractivity contribution is 7.91. The molecule has 8 heteroatoms. The van der Waals surface area contributed by atoms with Crippen molar-refractivity contribution >= 4 is 15.7 Å². The fourth-order valence-electron chi connectivity index (χ4n) is 1.37. The van der Waals surface area contributed by atoms with Crippen LogP contribution >= 0.6 is 0 Å². The number of anilines is 1. The first kappa shape index (κ1) is 12.4. The SMILES string of the molecule is CCOc1ccc(S(=O)(=O)c2nonc2N)cc1. The molecule has 1 aromatic heterocycles. The lowest BCUT2D eigenvalue weighted by atomic mass is 10.3. The summed E-state index contributed by atoms with van der Waals surface area (Å²) in [5, 5.41) is 6.15. The fraction of sp³-hybridized carbons (Fsp3) is 0.200. The van der Waals surface area contributed by atoms with E-state index in [-0.39, 0.29) is 15.7 Å². The molecule has 0 fully saturated rings. The third-order valence-corrected chi connectivity index (χ3v) is 3.87. The summed E-state index contributed by atoms with van der Waals surface area (Å²) < 4.78 is 33.7. The smallest absolute Gasteiger partial charge is 0.247 e. The molecule has 96 valence electrons. The van der Waals surface area contributed by atoms with E-state index in [1.165, 1.54) is 12.1 Å². The van der Waals surface area contributed by atoms with Crippen molar-refractivity contribution in [1.29, 1.82) is 0 Å². The van der Waals surface area contributed by atoms with Crippen LogP contribution in [0.25, 0.3) is 0 Å². The molecule has 0 atom stereocenters. The van der Waals surface area contributed by atoms with Gasteiger partial charge in [-0.05, 0) is 41.5 Å². The Balaban J connectivity index is 2.39. The topological polar surface area (TPSA) is 108 Å². The number of nitrogens with zero attached hydrogens (tertiary/aromatic N) is 2. The number of ether oxygens (including phenoxy) is 1. The molecule has 0 spiro atoms. The second-order valence-corrected chi connectivity index (χ2v) is 5.23. The molecule has 0 saturated heterocycles. The molecule has 18 heavy (non-hydrogen) atoms. The van der Waals surface area contributed by atoms with Crippen LogP contribution in [0.1, 0.15) is 6.92 Å². The first-order valence-corrected chi connectivity index (χ1v) is 6.60. The Morgan fingerprint density at radius 1 is 1.28 bits per heavy atom. The van der Waals surface area contributed by atoms with E-state index in [2.05, 4.69) is 14.9 Å². The molecule has 1 aromatic carbocycles. The lowest BCUT2D eigenvalue weighted by molar-refractivity contribution is 0.298. The Labute approximate surface area is 103 Å². The summed E-state index contributed by atoms with van der Waals surface area (Å²) in [4.78, 5) is 0.0494. The van der Waals surface area contributed by atoms with E-state index in [1.54, 1.807) is 12.1 Å². The summed E-state index contributed by atoms with van der Waals surface area (Å²) in [7, 11) is -3.81. The van der Waals surface area contributed by atoms with Crippen LogP contribution in [0.4, 0.5) is 5.82 Å². The van der Waals surface area contributed by atoms with Gasteiger partial charge in [0.1, 0.15) is 5.75 Å². The maximum atomic E-state index is 12.1. The largest absolute Gasteiger partial charge is 0.494 e. The van der Waals surface area contributed by atoms with Crippen LogP contribution in [-0.4, -0.2) is 25.3 Å². The normalized spacial score (nSPS) is 11.4. The Hall–Kier alpha value is -2.09. The first-order chi connectivity index (χ1) is 8.55. The maximum Gasteiger partial charge on any atom is 0.247 e. The van der Waals surface area contributed by atoms with Crippen molar-refractivity contribution < 1.29 is 17.8 Å². The molecule has 0 saturated carbocycles. The number of benzene rings is 1. The second kappa shape index (κ2) is 4.65. The standard InChI is InChI=1S/C10H11N3O4S/c1-2-16-7-3-5-8(6-4-7)18(14,15)10-9(11)12-17-13-10/h3-6H,2H2,1H3,(H2,11,12). The monoisotopic (exact) mass is 269 g/mol. The predicted molar refractivity (Wildman–Crippen MR) is 61.8 cm³/mol. The number of aromatic nitrogens is 2. The van der Waals surface area contributed by atoms with Gasteiger partial charge in [-0.3, -0.25) is 0 Å². The van der Waals surface area contributed by atoms with E-state index in [0.717, 1.165) is 0 Å². The average molecular weight is 269 g/mol. The molecule has 1 heterocycles. The number of sulfone groups is 1. The number of nitrogen functional groups attached to an aromatic ring is 1. The van der Waals surface area contributed by atoms with Gasteiger partial charge in [0, 0.05) is 0 Å². The minimum Gasteiger partial charge on any atom is -0.494 e. The fourth-order valence-corrected chi connectivity index (χ4v) is 2.53. The Morgan fingerprint density at radius 2 is 1.94 bits per heavy atom. The second-order valence-electron chi connectivity index (χ2n) is 3.36. The third kappa shape index (κ3) is 2.14. The summed E-state index contributed by atoms with van der Waals surface area (Å²) in [6, 6.07) is 5.93. The van der Waals surface area contributed by atoms with E-state index < -0.39 is 9.84 Å². The molecule has 0 aliphatic carbocycles. The number of rotatable bonds is 4. The van der Waals surface area contributed by atoms with E-state index in [1.807, 2.05) is 6.92 Å². The molecular weight excluding hydrogens is 258 g/mol. The zero-order valence-corrected chi connectivity index (χ0v) is 10.3. The van der Waals surface area contributed by atoms with Gasteiger partial charge in [0.25, 0.3) is 0 Å². The van der Waals surface area contributed by atoms with Gasteiger partial charge in [0.05, 0.1) is 11.5 Å². The summed E-state index contributed by atoms with van der Waals surface area (Å²) >= 11 is 0. The van der Waals surface area contributed by atoms with Crippen molar-refractivity contribution in [1.82, 2.24) is 10.3 Å². The van der Waals surface area contributed by atoms with Crippen molar-refractivity contribution in [2.45, 2.75) is 16.8 Å². The minimum absolute atomic E-state index is 0.0494. The van der Waals surface area contributed by atoms with Crippen LogP contribution in [0.15, 0.2) is 38.8 Å². The third-order valence-electron chi connectivity index (χ3n) is 2.18. The molecule has 7 nitrogen and oxygen atoms in total. The van der Waals surface area contributed by atoms with Crippen LogP contribution < -0.4 is 10.5 Å². The van der Waals surface area contributed by atoms with Gasteiger partial charge < -0.3 is 10.5 Å². The lowest BCUT2D eigenvalue weighted by Crippen LogP contribution is -2.05. The number of nitrogens with two attached hydrogens (primary N) is 1. The lowest BCUT2D eigenvalue weighted by Gasteiger charge is -2.04. The predicted octanol–water partition coefficient (Wildman–Crippen LogP) is 0.883. The first-order valence-electron chi connectivity index (χ1n) is 5.11. The van der Waals surface area contributed by atoms with Gasteiger partial charge in [-0.2, -0.15) is 0 Å². The van der Waals surface area contributed by atoms with Crippen molar-refractivity contribution in [3.63, 3.8) is 0 Å². The molecular formula is C10H11N3O4S.